The third kappa shape index (κ3) is 6.64. The maximum absolute atomic E-state index is 12.2. The summed E-state index contributed by atoms with van der Waals surface area (Å²) in [5.74, 6) is 1.37. The van der Waals surface area contributed by atoms with Crippen LogP contribution in [0.2, 0.25) is 0 Å². The van der Waals surface area contributed by atoms with E-state index in [1.807, 2.05) is 18.3 Å². The molecular formula is C23H31N3OS. The average Bonchev–Trinajstić information content (AvgIpc) is 2.74. The Bertz CT molecular complexity index is 732. The summed E-state index contributed by atoms with van der Waals surface area (Å²) in [5, 5.41) is 3.08. The zero-order valence-corrected chi connectivity index (χ0v) is 17.6. The highest BCUT2D eigenvalue weighted by Gasteiger charge is 2.18. The topological polar surface area (TPSA) is 45.2 Å². The zero-order chi connectivity index (χ0) is 19.6. The van der Waals surface area contributed by atoms with Crippen molar-refractivity contribution in [1.82, 2.24) is 15.2 Å². The molecule has 0 bridgehead atoms. The van der Waals surface area contributed by atoms with E-state index in [9.17, 15) is 4.79 Å². The van der Waals surface area contributed by atoms with Crippen LogP contribution in [0.4, 0.5) is 0 Å². The lowest BCUT2D eigenvalue weighted by Crippen LogP contribution is -2.33. The van der Waals surface area contributed by atoms with Gasteiger partial charge in [0.05, 0.1) is 5.75 Å². The van der Waals surface area contributed by atoms with Gasteiger partial charge in [-0.1, -0.05) is 49.6 Å². The van der Waals surface area contributed by atoms with Gasteiger partial charge in [-0.25, -0.2) is 0 Å². The standard InChI is InChI=1S/C23H31N3OS/c1-26(22-11-3-2-4-12-22)16-21-10-6-5-9-20(21)15-25-23(27)18-28-17-19-8-7-13-24-14-19/h5-10,13-14,22H,2-4,11-12,15-18H2,1H3,(H,25,27). The Labute approximate surface area is 173 Å². The molecule has 0 unspecified atom stereocenters. The van der Waals surface area contributed by atoms with Gasteiger partial charge in [-0.05, 0) is 42.6 Å². The van der Waals surface area contributed by atoms with E-state index in [1.54, 1.807) is 18.0 Å². The normalized spacial score (nSPS) is 14.9. The molecule has 1 aromatic carbocycles. The Morgan fingerprint density at radius 1 is 1.14 bits per heavy atom. The van der Waals surface area contributed by atoms with Crippen molar-refractivity contribution in [3.05, 3.63) is 65.5 Å². The number of nitrogens with one attached hydrogen (secondary N) is 1. The van der Waals surface area contributed by atoms with Crippen molar-refractivity contribution in [2.45, 2.75) is 57.0 Å². The molecule has 0 spiro atoms. The van der Waals surface area contributed by atoms with E-state index in [4.69, 9.17) is 0 Å². The van der Waals surface area contributed by atoms with Crippen LogP contribution in [0.15, 0.2) is 48.8 Å². The zero-order valence-electron chi connectivity index (χ0n) is 16.8. The summed E-state index contributed by atoms with van der Waals surface area (Å²) < 4.78 is 0. The molecule has 150 valence electrons. The Balaban J connectivity index is 1.45. The molecule has 0 radical (unpaired) electrons. The van der Waals surface area contributed by atoms with Gasteiger partial charge in [-0.15, -0.1) is 11.8 Å². The minimum Gasteiger partial charge on any atom is -0.351 e. The Hall–Kier alpha value is -1.85. The average molecular weight is 398 g/mol. The molecule has 1 aliphatic rings. The van der Waals surface area contributed by atoms with Gasteiger partial charge in [0, 0.05) is 37.3 Å². The van der Waals surface area contributed by atoms with Crippen molar-refractivity contribution in [1.29, 1.82) is 0 Å². The van der Waals surface area contributed by atoms with Gasteiger partial charge < -0.3 is 5.32 Å². The maximum atomic E-state index is 12.2. The number of carbonyl (C=O) groups excluding carboxylic acids is 1. The third-order valence-electron chi connectivity index (χ3n) is 5.44. The summed E-state index contributed by atoms with van der Waals surface area (Å²) in [7, 11) is 2.24. The van der Waals surface area contributed by atoms with Gasteiger partial charge in [-0.2, -0.15) is 0 Å². The van der Waals surface area contributed by atoms with E-state index < -0.39 is 0 Å². The monoisotopic (exact) mass is 397 g/mol. The highest BCUT2D eigenvalue weighted by Crippen LogP contribution is 2.23. The highest BCUT2D eigenvalue weighted by atomic mass is 32.2. The van der Waals surface area contributed by atoms with Crippen LogP contribution in [-0.2, 0) is 23.6 Å². The second-order valence-electron chi connectivity index (χ2n) is 7.61. The fourth-order valence-electron chi connectivity index (χ4n) is 3.79. The molecule has 0 saturated heterocycles. The van der Waals surface area contributed by atoms with Crippen LogP contribution in [0.25, 0.3) is 0 Å². The number of benzene rings is 1. The summed E-state index contributed by atoms with van der Waals surface area (Å²) in [4.78, 5) is 18.8. The Morgan fingerprint density at radius 3 is 2.68 bits per heavy atom. The van der Waals surface area contributed by atoms with E-state index >= 15 is 0 Å². The predicted molar refractivity (Wildman–Crippen MR) is 117 cm³/mol. The summed E-state index contributed by atoms with van der Waals surface area (Å²) in [6.45, 7) is 1.55. The second-order valence-corrected chi connectivity index (χ2v) is 8.59. The van der Waals surface area contributed by atoms with E-state index in [1.165, 1.54) is 43.2 Å². The van der Waals surface area contributed by atoms with Crippen molar-refractivity contribution in [3.8, 4) is 0 Å². The molecule has 2 aromatic rings. The first-order chi connectivity index (χ1) is 13.7. The molecule has 1 aromatic heterocycles. The number of thioether (sulfide) groups is 1. The van der Waals surface area contributed by atoms with Gasteiger partial charge in [0.1, 0.15) is 0 Å². The quantitative estimate of drug-likeness (QED) is 0.681. The molecule has 28 heavy (non-hydrogen) atoms. The van der Waals surface area contributed by atoms with Crippen molar-refractivity contribution in [2.24, 2.45) is 0 Å². The van der Waals surface area contributed by atoms with E-state index in [-0.39, 0.29) is 5.91 Å². The molecule has 1 fully saturated rings. The van der Waals surface area contributed by atoms with Gasteiger partial charge in [0.15, 0.2) is 0 Å². The van der Waals surface area contributed by atoms with Crippen LogP contribution < -0.4 is 5.32 Å². The minimum atomic E-state index is 0.0873. The molecule has 1 aliphatic carbocycles. The molecular weight excluding hydrogens is 366 g/mol. The molecule has 0 aliphatic heterocycles. The van der Waals surface area contributed by atoms with Crippen LogP contribution in [0.1, 0.15) is 48.8 Å². The van der Waals surface area contributed by atoms with Crippen LogP contribution in [0, 0.1) is 0 Å². The van der Waals surface area contributed by atoms with Crippen LogP contribution in [0.3, 0.4) is 0 Å². The second kappa shape index (κ2) is 11.2. The lowest BCUT2D eigenvalue weighted by Gasteiger charge is -2.31. The van der Waals surface area contributed by atoms with Crippen molar-refractivity contribution in [2.75, 3.05) is 12.8 Å². The van der Waals surface area contributed by atoms with E-state index in [2.05, 4.69) is 46.5 Å². The Kier molecular flexibility index (Phi) is 8.37. The van der Waals surface area contributed by atoms with Crippen LogP contribution in [-0.4, -0.2) is 34.6 Å². The van der Waals surface area contributed by atoms with Gasteiger partial charge in [-0.3, -0.25) is 14.7 Å². The number of nitrogens with zero attached hydrogens (tertiary/aromatic N) is 2. The maximum Gasteiger partial charge on any atom is 0.230 e. The number of amides is 1. The lowest BCUT2D eigenvalue weighted by atomic mass is 9.94. The molecule has 1 amide bonds. The first-order valence-electron chi connectivity index (χ1n) is 10.2. The van der Waals surface area contributed by atoms with E-state index in [0.717, 1.165) is 17.9 Å². The summed E-state index contributed by atoms with van der Waals surface area (Å²) in [6, 6.07) is 13.1. The van der Waals surface area contributed by atoms with Crippen molar-refractivity contribution < 1.29 is 4.79 Å². The largest absolute Gasteiger partial charge is 0.351 e. The van der Waals surface area contributed by atoms with Gasteiger partial charge >= 0.3 is 0 Å². The molecule has 1 N–H and O–H groups in total. The number of hydrogen-bond acceptors (Lipinski definition) is 4. The first-order valence-corrected chi connectivity index (χ1v) is 11.4. The van der Waals surface area contributed by atoms with Crippen LogP contribution >= 0.6 is 11.8 Å². The van der Waals surface area contributed by atoms with Crippen molar-refractivity contribution >= 4 is 17.7 Å². The summed E-state index contributed by atoms with van der Waals surface area (Å²) in [5.41, 5.74) is 3.69. The number of carbonyl (C=O) groups is 1. The minimum absolute atomic E-state index is 0.0873. The fraction of sp³-hybridized carbons (Fsp3) is 0.478. The third-order valence-corrected chi connectivity index (χ3v) is 6.44. The summed E-state index contributed by atoms with van der Waals surface area (Å²) >= 11 is 1.62. The predicted octanol–water partition coefficient (Wildman–Crippen LogP) is 4.40. The molecule has 3 rings (SSSR count). The number of pyridine rings is 1. The highest BCUT2D eigenvalue weighted by molar-refractivity contribution is 7.99. The Morgan fingerprint density at radius 2 is 1.93 bits per heavy atom. The summed E-state index contributed by atoms with van der Waals surface area (Å²) in [6.07, 6.45) is 10.3. The van der Waals surface area contributed by atoms with Gasteiger partial charge in [0.25, 0.3) is 0 Å². The lowest BCUT2D eigenvalue weighted by molar-refractivity contribution is -0.118. The van der Waals surface area contributed by atoms with E-state index in [0.29, 0.717) is 18.3 Å². The molecule has 0 atom stereocenters. The number of hydrogen-bond donors (Lipinski definition) is 1. The molecule has 4 nitrogen and oxygen atoms in total. The van der Waals surface area contributed by atoms with Crippen molar-refractivity contribution in [3.63, 3.8) is 0 Å². The smallest absolute Gasteiger partial charge is 0.230 e. The SMILES string of the molecule is CN(Cc1ccccc1CNC(=O)CSCc1cccnc1)C1CCCCC1. The first kappa shape index (κ1) is 20.9. The molecule has 1 saturated carbocycles. The number of aromatic nitrogens is 1. The number of rotatable bonds is 9. The molecule has 5 heteroatoms. The van der Waals surface area contributed by atoms with Gasteiger partial charge in [0.2, 0.25) is 5.91 Å². The molecule has 1 heterocycles. The fourth-order valence-corrected chi connectivity index (χ4v) is 4.59. The van der Waals surface area contributed by atoms with Crippen LogP contribution in [0.5, 0.6) is 0 Å².